The molecule has 0 aromatic heterocycles. The predicted molar refractivity (Wildman–Crippen MR) is 80.9 cm³/mol. The van der Waals surface area contributed by atoms with Gasteiger partial charge in [0.15, 0.2) is 0 Å². The van der Waals surface area contributed by atoms with Crippen LogP contribution in [0.4, 0.5) is 0 Å². The molecule has 0 heterocycles. The number of benzene rings is 1. The monoisotopic (exact) mass is 267 g/mol. The summed E-state index contributed by atoms with van der Waals surface area (Å²) in [6.07, 6.45) is 5.94. The van der Waals surface area contributed by atoms with E-state index in [1.165, 1.54) is 11.1 Å². The van der Waals surface area contributed by atoms with Gasteiger partial charge >= 0.3 is 0 Å². The van der Waals surface area contributed by atoms with Crippen molar-refractivity contribution in [3.63, 3.8) is 0 Å². The summed E-state index contributed by atoms with van der Waals surface area (Å²) in [4.78, 5) is 0. The van der Waals surface area contributed by atoms with E-state index in [0.29, 0.717) is 6.61 Å². The van der Waals surface area contributed by atoms with Crippen LogP contribution in [0.25, 0.3) is 0 Å². The molecule has 0 bridgehead atoms. The van der Waals surface area contributed by atoms with Gasteiger partial charge in [0, 0.05) is 13.1 Å². The first-order chi connectivity index (χ1) is 8.25. The number of aryl methyl sites for hydroxylation is 1. The molecule has 0 aliphatic rings. The maximum atomic E-state index is 5.69. The summed E-state index contributed by atoms with van der Waals surface area (Å²) in [6.45, 7) is 10.1. The highest BCUT2D eigenvalue weighted by atomic mass is 35.5. The number of halogens is 1. The van der Waals surface area contributed by atoms with Gasteiger partial charge in [0.25, 0.3) is 0 Å². The third kappa shape index (κ3) is 5.89. The first-order valence-corrected chi connectivity index (χ1v) is 5.91. The van der Waals surface area contributed by atoms with Crippen molar-refractivity contribution in [3.8, 4) is 5.75 Å². The Bertz CT molecular complexity index is 388. The number of rotatable bonds is 7. The van der Waals surface area contributed by atoms with Crippen LogP contribution in [0.15, 0.2) is 43.0 Å². The minimum Gasteiger partial charge on any atom is -0.489 e. The third-order valence-corrected chi connectivity index (χ3v) is 2.61. The molecule has 0 radical (unpaired) electrons. The Labute approximate surface area is 116 Å². The molecular formula is C15H22ClNO. The van der Waals surface area contributed by atoms with Crippen molar-refractivity contribution in [1.82, 2.24) is 5.32 Å². The van der Waals surface area contributed by atoms with Crippen molar-refractivity contribution in [2.75, 3.05) is 19.7 Å². The van der Waals surface area contributed by atoms with Crippen molar-refractivity contribution in [2.45, 2.75) is 13.8 Å². The maximum absolute atomic E-state index is 5.69. The molecule has 1 aromatic carbocycles. The first-order valence-electron chi connectivity index (χ1n) is 5.91. The summed E-state index contributed by atoms with van der Waals surface area (Å²) in [5.74, 6) is 0.966. The smallest absolute Gasteiger partial charge is 0.122 e. The van der Waals surface area contributed by atoms with Gasteiger partial charge in [-0.25, -0.2) is 0 Å². The second kappa shape index (κ2) is 9.75. The van der Waals surface area contributed by atoms with Crippen molar-refractivity contribution < 1.29 is 4.74 Å². The number of nitrogens with one attached hydrogen (secondary N) is 1. The van der Waals surface area contributed by atoms with Crippen LogP contribution in [0, 0.1) is 13.8 Å². The molecule has 0 atom stereocenters. The van der Waals surface area contributed by atoms with E-state index in [9.17, 15) is 0 Å². The highest BCUT2D eigenvalue weighted by Crippen LogP contribution is 2.20. The Kier molecular flexibility index (Phi) is 9.07. The lowest BCUT2D eigenvalue weighted by molar-refractivity contribution is 0.359. The van der Waals surface area contributed by atoms with Gasteiger partial charge in [-0.3, -0.25) is 0 Å². The normalized spacial score (nSPS) is 10.1. The fourth-order valence-electron chi connectivity index (χ4n) is 1.44. The minimum atomic E-state index is 0. The summed E-state index contributed by atoms with van der Waals surface area (Å²) in [7, 11) is 0. The lowest BCUT2D eigenvalue weighted by Gasteiger charge is -2.08. The van der Waals surface area contributed by atoms with Crippen LogP contribution < -0.4 is 10.1 Å². The van der Waals surface area contributed by atoms with E-state index in [1.807, 2.05) is 24.3 Å². The van der Waals surface area contributed by atoms with Crippen molar-refractivity contribution in [1.29, 1.82) is 0 Å². The second-order valence-corrected chi connectivity index (χ2v) is 3.93. The van der Waals surface area contributed by atoms with Crippen molar-refractivity contribution in [3.05, 3.63) is 54.1 Å². The highest BCUT2D eigenvalue weighted by molar-refractivity contribution is 5.85. The van der Waals surface area contributed by atoms with Crippen LogP contribution in [0.1, 0.15) is 11.1 Å². The van der Waals surface area contributed by atoms with Gasteiger partial charge in [0.1, 0.15) is 12.4 Å². The molecule has 0 fully saturated rings. The van der Waals surface area contributed by atoms with Crippen LogP contribution in [-0.2, 0) is 0 Å². The van der Waals surface area contributed by atoms with Gasteiger partial charge in [-0.2, -0.15) is 0 Å². The molecule has 1 N–H and O–H groups in total. The summed E-state index contributed by atoms with van der Waals surface area (Å²) in [5.41, 5.74) is 2.48. The Balaban J connectivity index is 0.00000289. The molecule has 0 saturated carbocycles. The van der Waals surface area contributed by atoms with Crippen LogP contribution in [0.5, 0.6) is 5.75 Å². The molecule has 18 heavy (non-hydrogen) atoms. The van der Waals surface area contributed by atoms with Gasteiger partial charge in [-0.05, 0) is 31.0 Å². The largest absolute Gasteiger partial charge is 0.489 e. The fourth-order valence-corrected chi connectivity index (χ4v) is 1.44. The molecule has 0 aliphatic heterocycles. The van der Waals surface area contributed by atoms with Gasteiger partial charge in [-0.1, -0.05) is 30.4 Å². The van der Waals surface area contributed by atoms with Gasteiger partial charge < -0.3 is 10.1 Å². The van der Waals surface area contributed by atoms with E-state index in [1.54, 1.807) is 0 Å². The average molecular weight is 268 g/mol. The number of hydrogen-bond donors (Lipinski definition) is 1. The third-order valence-electron chi connectivity index (χ3n) is 2.61. The molecule has 0 aliphatic carbocycles. The van der Waals surface area contributed by atoms with Crippen LogP contribution in [0.2, 0.25) is 0 Å². The summed E-state index contributed by atoms with van der Waals surface area (Å²) in [6, 6.07) is 6.12. The van der Waals surface area contributed by atoms with Crippen molar-refractivity contribution >= 4 is 12.4 Å². The quantitative estimate of drug-likeness (QED) is 0.604. The molecule has 1 aromatic rings. The summed E-state index contributed by atoms with van der Waals surface area (Å²) < 4.78 is 5.69. The zero-order chi connectivity index (χ0) is 12.5. The minimum absolute atomic E-state index is 0. The van der Waals surface area contributed by atoms with Crippen LogP contribution in [-0.4, -0.2) is 19.7 Å². The van der Waals surface area contributed by atoms with Crippen LogP contribution in [0.3, 0.4) is 0 Å². The van der Waals surface area contributed by atoms with E-state index in [-0.39, 0.29) is 12.4 Å². The Morgan fingerprint density at radius 1 is 1.22 bits per heavy atom. The van der Waals surface area contributed by atoms with E-state index in [0.717, 1.165) is 18.8 Å². The summed E-state index contributed by atoms with van der Waals surface area (Å²) >= 11 is 0. The first kappa shape index (κ1) is 16.8. The molecular weight excluding hydrogens is 246 g/mol. The number of hydrogen-bond acceptors (Lipinski definition) is 2. The maximum Gasteiger partial charge on any atom is 0.122 e. The Hall–Kier alpha value is -1.25. The molecule has 0 spiro atoms. The highest BCUT2D eigenvalue weighted by Gasteiger charge is 1.99. The number of ether oxygens (including phenoxy) is 1. The molecule has 2 nitrogen and oxygen atoms in total. The zero-order valence-corrected chi connectivity index (χ0v) is 11.9. The van der Waals surface area contributed by atoms with Gasteiger partial charge in [0.05, 0.1) is 0 Å². The SMILES string of the molecule is C=CCNCC=CCOc1cccc(C)c1C.Cl. The molecule has 0 saturated heterocycles. The molecule has 100 valence electrons. The second-order valence-electron chi connectivity index (χ2n) is 3.93. The lowest BCUT2D eigenvalue weighted by atomic mass is 10.1. The van der Waals surface area contributed by atoms with E-state index in [4.69, 9.17) is 4.74 Å². The van der Waals surface area contributed by atoms with Crippen molar-refractivity contribution in [2.24, 2.45) is 0 Å². The van der Waals surface area contributed by atoms with E-state index >= 15 is 0 Å². The average Bonchev–Trinajstić information content (AvgIpc) is 2.33. The fraction of sp³-hybridized carbons (Fsp3) is 0.333. The standard InChI is InChI=1S/C15H21NO.ClH/c1-4-10-16-11-5-6-12-17-15-9-7-8-13(2)14(15)3;/h4-9,16H,1,10-12H2,2-3H3;1H. The van der Waals surface area contributed by atoms with Crippen LogP contribution >= 0.6 is 12.4 Å². The van der Waals surface area contributed by atoms with Gasteiger partial charge in [-0.15, -0.1) is 19.0 Å². The Morgan fingerprint density at radius 2 is 2.00 bits per heavy atom. The van der Waals surface area contributed by atoms with E-state index in [2.05, 4.69) is 37.9 Å². The molecule has 0 amide bonds. The van der Waals surface area contributed by atoms with Gasteiger partial charge in [0.2, 0.25) is 0 Å². The molecule has 3 heteroatoms. The summed E-state index contributed by atoms with van der Waals surface area (Å²) in [5, 5.41) is 3.19. The Morgan fingerprint density at radius 3 is 2.72 bits per heavy atom. The molecule has 0 unspecified atom stereocenters. The lowest BCUT2D eigenvalue weighted by Crippen LogP contribution is -2.12. The zero-order valence-electron chi connectivity index (χ0n) is 11.1. The molecule has 1 rings (SSSR count). The van der Waals surface area contributed by atoms with E-state index < -0.39 is 0 Å². The topological polar surface area (TPSA) is 21.3 Å². The predicted octanol–water partition coefficient (Wildman–Crippen LogP) is 3.44.